The number of rotatable bonds is 9. The molecule has 1 aromatic heterocycles. The van der Waals surface area contributed by atoms with Gasteiger partial charge in [0.25, 0.3) is 0 Å². The van der Waals surface area contributed by atoms with Crippen molar-refractivity contribution in [2.45, 2.75) is 6.42 Å². The number of pyridine rings is 1. The standard InChI is InChI=1S/C17H21N5O2/c18-12-14-15(19)11-16(20)22-17(14)21-7-4-8-23-9-10-24-13-5-2-1-3-6-13/h1-3,5-6,11H,4,7-10H2,(H5,19,20,21,22). The summed E-state index contributed by atoms with van der Waals surface area (Å²) in [6.07, 6.45) is 0.757. The van der Waals surface area contributed by atoms with Crippen LogP contribution in [-0.2, 0) is 4.74 Å². The van der Waals surface area contributed by atoms with E-state index in [2.05, 4.69) is 10.3 Å². The lowest BCUT2D eigenvalue weighted by Crippen LogP contribution is -2.12. The van der Waals surface area contributed by atoms with E-state index < -0.39 is 0 Å². The maximum absolute atomic E-state index is 9.09. The molecule has 126 valence electrons. The number of nitriles is 1. The van der Waals surface area contributed by atoms with E-state index in [0.29, 0.717) is 43.4 Å². The summed E-state index contributed by atoms with van der Waals surface area (Å²) in [5.74, 6) is 1.52. The molecule has 0 bridgehead atoms. The minimum Gasteiger partial charge on any atom is -0.491 e. The van der Waals surface area contributed by atoms with Crippen molar-refractivity contribution in [1.29, 1.82) is 5.26 Å². The Kier molecular flexibility index (Phi) is 6.68. The number of nitrogens with two attached hydrogens (primary N) is 2. The van der Waals surface area contributed by atoms with E-state index >= 15 is 0 Å². The van der Waals surface area contributed by atoms with Crippen molar-refractivity contribution in [3.05, 3.63) is 42.0 Å². The van der Waals surface area contributed by atoms with Gasteiger partial charge in [-0.1, -0.05) is 18.2 Å². The van der Waals surface area contributed by atoms with Gasteiger partial charge in [-0.2, -0.15) is 5.26 Å². The second-order valence-corrected chi connectivity index (χ2v) is 5.03. The third kappa shape index (κ3) is 5.34. The Hall–Kier alpha value is -2.98. The molecule has 0 unspecified atom stereocenters. The van der Waals surface area contributed by atoms with Crippen LogP contribution in [0.5, 0.6) is 5.75 Å². The van der Waals surface area contributed by atoms with Crippen molar-refractivity contribution < 1.29 is 9.47 Å². The highest BCUT2D eigenvalue weighted by Crippen LogP contribution is 2.21. The molecule has 2 rings (SSSR count). The second-order valence-electron chi connectivity index (χ2n) is 5.03. The summed E-state index contributed by atoms with van der Waals surface area (Å²) in [6, 6.07) is 13.1. The number of ether oxygens (including phenoxy) is 2. The van der Waals surface area contributed by atoms with E-state index in [1.54, 1.807) is 0 Å². The van der Waals surface area contributed by atoms with Crippen molar-refractivity contribution in [2.75, 3.05) is 43.1 Å². The summed E-state index contributed by atoms with van der Waals surface area (Å²) >= 11 is 0. The number of hydrogen-bond acceptors (Lipinski definition) is 7. The smallest absolute Gasteiger partial charge is 0.148 e. The minimum absolute atomic E-state index is 0.281. The van der Waals surface area contributed by atoms with Crippen LogP contribution in [0.3, 0.4) is 0 Å². The van der Waals surface area contributed by atoms with E-state index in [4.69, 9.17) is 26.2 Å². The van der Waals surface area contributed by atoms with E-state index in [0.717, 1.165) is 12.2 Å². The molecule has 0 atom stereocenters. The van der Waals surface area contributed by atoms with Crippen LogP contribution in [0, 0.1) is 11.3 Å². The zero-order valence-corrected chi connectivity index (χ0v) is 13.4. The van der Waals surface area contributed by atoms with Crippen LogP contribution < -0.4 is 21.5 Å². The largest absolute Gasteiger partial charge is 0.491 e. The first kappa shape index (κ1) is 17.4. The highest BCUT2D eigenvalue weighted by atomic mass is 16.5. The average molecular weight is 327 g/mol. The number of hydrogen-bond donors (Lipinski definition) is 3. The molecule has 0 saturated heterocycles. The third-order valence-electron chi connectivity index (χ3n) is 3.18. The molecule has 1 aromatic carbocycles. The van der Waals surface area contributed by atoms with E-state index in [1.807, 2.05) is 36.4 Å². The van der Waals surface area contributed by atoms with Gasteiger partial charge < -0.3 is 26.3 Å². The van der Waals surface area contributed by atoms with E-state index in [9.17, 15) is 0 Å². The first-order chi connectivity index (χ1) is 11.7. The van der Waals surface area contributed by atoms with Gasteiger partial charge in [-0.15, -0.1) is 0 Å². The number of nitrogens with zero attached hydrogens (tertiary/aromatic N) is 2. The third-order valence-corrected chi connectivity index (χ3v) is 3.18. The van der Waals surface area contributed by atoms with Crippen LogP contribution in [-0.4, -0.2) is 31.3 Å². The fourth-order valence-electron chi connectivity index (χ4n) is 2.05. The maximum atomic E-state index is 9.09. The van der Waals surface area contributed by atoms with Gasteiger partial charge in [-0.3, -0.25) is 0 Å². The molecule has 2 aromatic rings. The Morgan fingerprint density at radius 2 is 1.92 bits per heavy atom. The normalized spacial score (nSPS) is 10.1. The van der Waals surface area contributed by atoms with Gasteiger partial charge in [0, 0.05) is 19.2 Å². The van der Waals surface area contributed by atoms with Gasteiger partial charge in [0.05, 0.1) is 12.3 Å². The Bertz CT molecular complexity index is 685. The van der Waals surface area contributed by atoms with Crippen molar-refractivity contribution >= 4 is 17.3 Å². The molecule has 24 heavy (non-hydrogen) atoms. The highest BCUT2D eigenvalue weighted by molar-refractivity contribution is 5.69. The molecule has 0 saturated carbocycles. The first-order valence-electron chi connectivity index (χ1n) is 7.66. The molecular weight excluding hydrogens is 306 g/mol. The van der Waals surface area contributed by atoms with Crippen molar-refractivity contribution in [2.24, 2.45) is 0 Å². The number of nitrogen functional groups attached to an aromatic ring is 2. The fourth-order valence-corrected chi connectivity index (χ4v) is 2.05. The second kappa shape index (κ2) is 9.22. The molecule has 0 radical (unpaired) electrons. The predicted octanol–water partition coefficient (Wildman–Crippen LogP) is 2.02. The lowest BCUT2D eigenvalue weighted by atomic mass is 10.2. The molecular formula is C17H21N5O2. The van der Waals surface area contributed by atoms with Crippen LogP contribution in [0.4, 0.5) is 17.3 Å². The van der Waals surface area contributed by atoms with Crippen LogP contribution in [0.25, 0.3) is 0 Å². The zero-order chi connectivity index (χ0) is 17.2. The topological polar surface area (TPSA) is 119 Å². The molecule has 0 spiro atoms. The Labute approximate surface area is 141 Å². The monoisotopic (exact) mass is 327 g/mol. The van der Waals surface area contributed by atoms with Gasteiger partial charge >= 0.3 is 0 Å². The number of benzene rings is 1. The molecule has 0 aliphatic rings. The van der Waals surface area contributed by atoms with Gasteiger partial charge in [0.1, 0.15) is 35.6 Å². The molecule has 5 N–H and O–H groups in total. The number of para-hydroxylation sites is 1. The van der Waals surface area contributed by atoms with Crippen molar-refractivity contribution in [3.8, 4) is 11.8 Å². The van der Waals surface area contributed by atoms with Crippen LogP contribution in [0.2, 0.25) is 0 Å². The van der Waals surface area contributed by atoms with Crippen LogP contribution >= 0.6 is 0 Å². The van der Waals surface area contributed by atoms with Gasteiger partial charge in [0.2, 0.25) is 0 Å². The summed E-state index contributed by atoms with van der Waals surface area (Å²) < 4.78 is 11.0. The molecule has 0 fully saturated rings. The minimum atomic E-state index is 0.281. The SMILES string of the molecule is N#Cc1c(N)cc(N)nc1NCCCOCCOc1ccccc1. The van der Waals surface area contributed by atoms with E-state index in [-0.39, 0.29) is 5.82 Å². The van der Waals surface area contributed by atoms with Crippen molar-refractivity contribution in [3.63, 3.8) is 0 Å². The average Bonchev–Trinajstić information content (AvgIpc) is 2.58. The number of aromatic nitrogens is 1. The number of nitrogens with one attached hydrogen (secondary N) is 1. The van der Waals surface area contributed by atoms with Crippen LogP contribution in [0.15, 0.2) is 36.4 Å². The van der Waals surface area contributed by atoms with Gasteiger partial charge in [-0.05, 0) is 18.6 Å². The summed E-state index contributed by atoms with van der Waals surface area (Å²) in [7, 11) is 0. The molecule has 0 aliphatic heterocycles. The predicted molar refractivity (Wildman–Crippen MR) is 93.6 cm³/mol. The summed E-state index contributed by atoms with van der Waals surface area (Å²) in [5, 5.41) is 12.2. The maximum Gasteiger partial charge on any atom is 0.148 e. The zero-order valence-electron chi connectivity index (χ0n) is 13.4. The lowest BCUT2D eigenvalue weighted by Gasteiger charge is -2.10. The molecule has 7 nitrogen and oxygen atoms in total. The number of anilines is 3. The fraction of sp³-hybridized carbons (Fsp3) is 0.294. The molecule has 7 heteroatoms. The summed E-state index contributed by atoms with van der Waals surface area (Å²) in [4.78, 5) is 4.09. The van der Waals surface area contributed by atoms with Gasteiger partial charge in [0.15, 0.2) is 0 Å². The quantitative estimate of drug-likeness (QED) is 0.603. The first-order valence-corrected chi connectivity index (χ1v) is 7.66. The Morgan fingerprint density at radius 3 is 2.67 bits per heavy atom. The van der Waals surface area contributed by atoms with Gasteiger partial charge in [-0.25, -0.2) is 4.98 Å². The Balaban J connectivity index is 1.61. The highest BCUT2D eigenvalue weighted by Gasteiger charge is 2.08. The van der Waals surface area contributed by atoms with E-state index in [1.165, 1.54) is 6.07 Å². The summed E-state index contributed by atoms with van der Waals surface area (Å²) in [6.45, 7) is 2.19. The molecule has 1 heterocycles. The molecule has 0 aliphatic carbocycles. The van der Waals surface area contributed by atoms with Crippen LogP contribution in [0.1, 0.15) is 12.0 Å². The lowest BCUT2D eigenvalue weighted by molar-refractivity contribution is 0.0999. The summed E-state index contributed by atoms with van der Waals surface area (Å²) in [5.41, 5.74) is 12.0. The Morgan fingerprint density at radius 1 is 1.12 bits per heavy atom. The van der Waals surface area contributed by atoms with Crippen molar-refractivity contribution in [1.82, 2.24) is 4.98 Å². The molecule has 0 amide bonds.